The van der Waals surface area contributed by atoms with Crippen LogP contribution in [-0.2, 0) is 40.3 Å². The monoisotopic (exact) mass is 544 g/mol. The van der Waals surface area contributed by atoms with Gasteiger partial charge in [-0.15, -0.1) is 0 Å². The third kappa shape index (κ3) is 8.77. The van der Waals surface area contributed by atoms with Crippen molar-refractivity contribution in [2.24, 2.45) is 0 Å². The van der Waals surface area contributed by atoms with E-state index < -0.39 is 93.1 Å². The average molecular weight is 544 g/mol. The number of hydrogen-bond donors (Lipinski definition) is 6. The standard InChI is InChI=1S/C6H18N2O15P6/c9-24(10)1-7(2-25(11,12)21-24)5-28(17,18)23-29(19,20)6-8-3-26(13,14)22-27(15,16)4-8/h1-6H2,(H,9,10)(H,11,12)(H,13,14)(H,15,16)(H,17,18)(H,19,20). The average Bonchev–Trinajstić information content (AvgIpc) is 2.25. The highest BCUT2D eigenvalue weighted by atomic mass is 31.3. The molecular weight excluding hydrogens is 526 g/mol. The van der Waals surface area contributed by atoms with E-state index in [4.69, 9.17) is 0 Å². The van der Waals surface area contributed by atoms with E-state index in [1.807, 2.05) is 0 Å². The topological polar surface area (TPSA) is 266 Å². The first-order valence-electron chi connectivity index (χ1n) is 7.37. The summed E-state index contributed by atoms with van der Waals surface area (Å²) in [4.78, 5) is 60.5. The van der Waals surface area contributed by atoms with Crippen molar-refractivity contribution in [2.45, 2.75) is 0 Å². The Kier molecular flexibility index (Phi) is 7.56. The van der Waals surface area contributed by atoms with Crippen LogP contribution in [0.15, 0.2) is 0 Å². The predicted octanol–water partition coefficient (Wildman–Crippen LogP) is -3.57. The number of nitrogens with one attached hydrogen (secondary N) is 2. The van der Waals surface area contributed by atoms with Gasteiger partial charge in [-0.1, -0.05) is 0 Å². The van der Waals surface area contributed by atoms with E-state index >= 15 is 0 Å². The van der Waals surface area contributed by atoms with E-state index in [9.17, 15) is 56.8 Å². The van der Waals surface area contributed by atoms with Gasteiger partial charge < -0.3 is 48.3 Å². The lowest BCUT2D eigenvalue weighted by Gasteiger charge is -2.37. The minimum atomic E-state index is -5.32. The van der Waals surface area contributed by atoms with Crippen molar-refractivity contribution in [3.63, 3.8) is 0 Å². The van der Waals surface area contributed by atoms with Crippen molar-refractivity contribution < 1.29 is 79.5 Å². The number of rotatable bonds is 6. The van der Waals surface area contributed by atoms with E-state index in [0.29, 0.717) is 0 Å². The summed E-state index contributed by atoms with van der Waals surface area (Å²) < 4.78 is 82.4. The van der Waals surface area contributed by atoms with Gasteiger partial charge >= 0.3 is 30.4 Å². The molecule has 2 fully saturated rings. The fraction of sp³-hybridized carbons (Fsp3) is 1.00. The fourth-order valence-electron chi connectivity index (χ4n) is 2.74. The summed E-state index contributed by atoms with van der Waals surface area (Å²) in [6.07, 6.45) is -6.15. The Bertz CT molecular complexity index is 826. The van der Waals surface area contributed by atoms with Crippen molar-refractivity contribution in [3.8, 4) is 0 Å². The number of hydrogen-bond acceptors (Lipinski definition) is 11. The van der Waals surface area contributed by atoms with Crippen LogP contribution < -0.4 is 19.6 Å². The van der Waals surface area contributed by atoms with Gasteiger partial charge in [-0.05, 0) is 0 Å². The van der Waals surface area contributed by atoms with Crippen LogP contribution in [0.25, 0.3) is 0 Å². The highest BCUT2D eigenvalue weighted by molar-refractivity contribution is 7.67. The highest BCUT2D eigenvalue weighted by Gasteiger charge is 2.48. The minimum Gasteiger partial charge on any atom is -0.774 e. The van der Waals surface area contributed by atoms with Gasteiger partial charge in [-0.2, -0.15) is 0 Å². The second-order valence-corrected chi connectivity index (χ2v) is 17.9. The van der Waals surface area contributed by atoms with Crippen molar-refractivity contribution in [3.05, 3.63) is 0 Å². The SMILES string of the molecule is O=P([O-])(C[NH+]1CP(=O)(O)OP(=O)(O)C1)OP(=O)([O-])C[NH+]1CP(=O)(O)OP(=O)(O)C1. The van der Waals surface area contributed by atoms with Crippen LogP contribution in [0.2, 0.25) is 0 Å². The minimum absolute atomic E-state index is 0.468. The van der Waals surface area contributed by atoms with Gasteiger partial charge in [0.25, 0.3) is 0 Å². The van der Waals surface area contributed by atoms with Crippen molar-refractivity contribution in [2.75, 3.05) is 37.7 Å². The smallest absolute Gasteiger partial charge is 0.389 e. The Morgan fingerprint density at radius 2 is 0.966 bits per heavy atom. The van der Waals surface area contributed by atoms with Gasteiger partial charge in [0.05, 0.1) is 0 Å². The zero-order valence-corrected chi connectivity index (χ0v) is 19.6. The molecule has 0 aromatic rings. The molecule has 0 aliphatic carbocycles. The van der Waals surface area contributed by atoms with Gasteiger partial charge in [0, 0.05) is 0 Å². The maximum atomic E-state index is 12.0. The second kappa shape index (κ2) is 8.37. The molecule has 2 aliphatic heterocycles. The summed E-state index contributed by atoms with van der Waals surface area (Å²) in [5.74, 6) is 0. The Balaban J connectivity index is 2.06. The summed E-state index contributed by atoms with van der Waals surface area (Å²) in [7, 11) is -29.1. The van der Waals surface area contributed by atoms with Crippen molar-refractivity contribution >= 4 is 45.6 Å². The lowest BCUT2D eigenvalue weighted by atomic mass is 11.0. The summed E-state index contributed by atoms with van der Waals surface area (Å²) in [6, 6.07) is 0. The first-order valence-corrected chi connectivity index (χ1v) is 17.9. The van der Waals surface area contributed by atoms with Crippen LogP contribution in [0.4, 0.5) is 0 Å². The summed E-state index contributed by atoms with van der Waals surface area (Å²) in [6.45, 7) is 0. The molecule has 2 heterocycles. The highest BCUT2D eigenvalue weighted by Crippen LogP contribution is 2.61. The van der Waals surface area contributed by atoms with E-state index in [2.05, 4.69) is 12.9 Å². The summed E-state index contributed by atoms with van der Waals surface area (Å²) in [5, 5.41) is 0. The molecule has 0 radical (unpaired) electrons. The lowest BCUT2D eigenvalue weighted by Crippen LogP contribution is -3.12. The fourth-order valence-corrected chi connectivity index (χ4v) is 14.6. The van der Waals surface area contributed by atoms with Crippen molar-refractivity contribution in [1.29, 1.82) is 0 Å². The first-order chi connectivity index (χ1) is 12.7. The molecule has 2 rings (SSSR count). The molecule has 29 heavy (non-hydrogen) atoms. The molecule has 0 saturated carbocycles. The maximum absolute atomic E-state index is 12.0. The molecule has 6 N–H and O–H groups in total. The van der Waals surface area contributed by atoms with E-state index in [-0.39, 0.29) is 0 Å². The molecule has 0 spiro atoms. The molecule has 2 saturated heterocycles. The summed E-state index contributed by atoms with van der Waals surface area (Å²) in [5.41, 5.74) is 0. The van der Waals surface area contributed by atoms with Crippen LogP contribution >= 0.6 is 45.6 Å². The van der Waals surface area contributed by atoms with E-state index in [1.54, 1.807) is 0 Å². The lowest BCUT2D eigenvalue weighted by molar-refractivity contribution is -0.870. The van der Waals surface area contributed by atoms with Crippen LogP contribution in [-0.4, -0.2) is 57.3 Å². The van der Waals surface area contributed by atoms with Gasteiger partial charge in [0.15, 0.2) is 40.3 Å². The van der Waals surface area contributed by atoms with Crippen molar-refractivity contribution in [1.82, 2.24) is 0 Å². The second-order valence-electron chi connectivity index (χ2n) is 6.47. The van der Waals surface area contributed by atoms with Crippen LogP contribution in [0.5, 0.6) is 0 Å². The van der Waals surface area contributed by atoms with Gasteiger partial charge in [0.1, 0.15) is 12.6 Å². The third-order valence-corrected chi connectivity index (χ3v) is 14.4. The quantitative estimate of drug-likeness (QED) is 0.177. The summed E-state index contributed by atoms with van der Waals surface area (Å²) >= 11 is 0. The maximum Gasteiger partial charge on any atom is 0.389 e. The van der Waals surface area contributed by atoms with E-state index in [1.165, 1.54) is 0 Å². The molecule has 172 valence electrons. The molecule has 0 aromatic heterocycles. The Morgan fingerprint density at radius 1 is 0.724 bits per heavy atom. The molecule has 0 aromatic carbocycles. The van der Waals surface area contributed by atoms with Crippen LogP contribution in [0, 0.1) is 0 Å². The van der Waals surface area contributed by atoms with Crippen LogP contribution in [0.3, 0.4) is 0 Å². The molecule has 6 unspecified atom stereocenters. The zero-order chi connectivity index (χ0) is 22.5. The molecule has 6 atom stereocenters. The normalized spacial score (nSPS) is 47.8. The Morgan fingerprint density at radius 3 is 1.21 bits per heavy atom. The molecule has 23 heteroatoms. The number of quaternary nitrogens is 2. The van der Waals surface area contributed by atoms with Gasteiger partial charge in [0.2, 0.25) is 0 Å². The Labute approximate surface area is 163 Å². The zero-order valence-electron chi connectivity index (χ0n) is 14.2. The molecule has 0 bridgehead atoms. The first kappa shape index (κ1) is 26.2. The Hall–Kier alpha value is 0.940. The molecule has 2 aliphatic rings. The molecule has 0 amide bonds. The predicted molar refractivity (Wildman–Crippen MR) is 88.9 cm³/mol. The third-order valence-electron chi connectivity index (χ3n) is 3.29. The van der Waals surface area contributed by atoms with Gasteiger partial charge in [-0.25, -0.2) is 8.62 Å². The largest absolute Gasteiger partial charge is 0.774 e. The van der Waals surface area contributed by atoms with Crippen LogP contribution in [0.1, 0.15) is 0 Å². The molecular formula is C6H18N2O15P6. The molecule has 17 nitrogen and oxygen atoms in total. The van der Waals surface area contributed by atoms with E-state index in [0.717, 1.165) is 0 Å². The van der Waals surface area contributed by atoms with Gasteiger partial charge in [-0.3, -0.25) is 22.6 Å².